The third-order valence-electron chi connectivity index (χ3n) is 2.32. The number of nitrogens with zero attached hydrogens (tertiary/aromatic N) is 2. The molecule has 1 aromatic carbocycles. The van der Waals surface area contributed by atoms with E-state index in [-0.39, 0.29) is 11.3 Å². The normalized spacial score (nSPS) is 10.3. The molecule has 0 aliphatic rings. The van der Waals surface area contributed by atoms with Crippen LogP contribution in [-0.4, -0.2) is 26.8 Å². The van der Waals surface area contributed by atoms with Crippen LogP contribution in [0.3, 0.4) is 0 Å². The molecule has 0 aliphatic heterocycles. The third-order valence-corrected chi connectivity index (χ3v) is 2.32. The summed E-state index contributed by atoms with van der Waals surface area (Å²) in [5.41, 5.74) is 4.66. The van der Waals surface area contributed by atoms with Gasteiger partial charge in [-0.2, -0.15) is 5.10 Å². The lowest BCUT2D eigenvalue weighted by molar-refractivity contribution is 0.0691. The summed E-state index contributed by atoms with van der Waals surface area (Å²) in [6.45, 7) is 0. The number of aromatic carboxylic acids is 1. The van der Waals surface area contributed by atoms with Gasteiger partial charge in [-0.05, 0) is 12.1 Å². The number of hydrogen-bond donors (Lipinski definition) is 2. The number of benzene rings is 1. The molecule has 0 saturated carbocycles. The van der Waals surface area contributed by atoms with Gasteiger partial charge in [0.1, 0.15) is 11.4 Å². The molecule has 1 amide bonds. The minimum absolute atomic E-state index is 0.0231. The van der Waals surface area contributed by atoms with Crippen LogP contribution in [0.1, 0.15) is 20.7 Å². The molecule has 0 saturated heterocycles. The maximum absolute atomic E-state index is 13.4. The van der Waals surface area contributed by atoms with Crippen molar-refractivity contribution in [2.45, 2.75) is 0 Å². The quantitative estimate of drug-likeness (QED) is 0.840. The fourth-order valence-electron chi connectivity index (χ4n) is 1.50. The van der Waals surface area contributed by atoms with Crippen molar-refractivity contribution in [1.82, 2.24) is 9.78 Å². The van der Waals surface area contributed by atoms with Crippen LogP contribution in [0.2, 0.25) is 0 Å². The van der Waals surface area contributed by atoms with Crippen LogP contribution < -0.4 is 5.73 Å². The topological polar surface area (TPSA) is 98.2 Å². The zero-order valence-corrected chi connectivity index (χ0v) is 9.00. The van der Waals surface area contributed by atoms with Crippen LogP contribution in [0.5, 0.6) is 0 Å². The highest BCUT2D eigenvalue weighted by atomic mass is 19.1. The molecule has 7 heteroatoms. The molecular formula is C11H8FN3O3. The molecule has 3 N–H and O–H groups in total. The average molecular weight is 249 g/mol. The number of hydrogen-bond acceptors (Lipinski definition) is 3. The van der Waals surface area contributed by atoms with E-state index in [1.54, 1.807) is 0 Å². The van der Waals surface area contributed by atoms with E-state index in [0.717, 1.165) is 10.7 Å². The number of aromatic nitrogens is 2. The van der Waals surface area contributed by atoms with Crippen LogP contribution >= 0.6 is 0 Å². The number of primary amides is 1. The predicted molar refractivity (Wildman–Crippen MR) is 59.0 cm³/mol. The number of rotatable bonds is 3. The minimum Gasteiger partial charge on any atom is -0.478 e. The van der Waals surface area contributed by atoms with Crippen molar-refractivity contribution in [2.75, 3.05) is 0 Å². The second kappa shape index (κ2) is 4.28. The Hall–Kier alpha value is -2.70. The minimum atomic E-state index is -1.42. The standard InChI is InChI=1S/C11H8FN3O3/c12-7-2-1-3-8(9(7)11(17)18)15-5-6(4-14-15)10(13)16/h1-5H,(H2,13,16)(H,17,18). The molecule has 0 aliphatic carbocycles. The smallest absolute Gasteiger partial charge is 0.340 e. The predicted octanol–water partition coefficient (Wildman–Crippen LogP) is 0.808. The van der Waals surface area contributed by atoms with Gasteiger partial charge in [-0.15, -0.1) is 0 Å². The largest absolute Gasteiger partial charge is 0.478 e. The zero-order valence-electron chi connectivity index (χ0n) is 9.00. The summed E-state index contributed by atoms with van der Waals surface area (Å²) in [5, 5.41) is 12.7. The first kappa shape index (κ1) is 11.8. The molecule has 1 aromatic heterocycles. The Morgan fingerprint density at radius 1 is 1.39 bits per heavy atom. The van der Waals surface area contributed by atoms with Crippen LogP contribution in [0, 0.1) is 5.82 Å². The van der Waals surface area contributed by atoms with E-state index in [1.807, 2.05) is 0 Å². The van der Waals surface area contributed by atoms with E-state index in [0.29, 0.717) is 0 Å². The van der Waals surface area contributed by atoms with E-state index in [9.17, 15) is 14.0 Å². The van der Waals surface area contributed by atoms with Crippen LogP contribution in [-0.2, 0) is 0 Å². The van der Waals surface area contributed by atoms with Gasteiger partial charge in [0, 0.05) is 6.20 Å². The number of halogens is 1. The van der Waals surface area contributed by atoms with E-state index in [2.05, 4.69) is 5.10 Å². The fourth-order valence-corrected chi connectivity index (χ4v) is 1.50. The van der Waals surface area contributed by atoms with Gasteiger partial charge in [0.25, 0.3) is 5.91 Å². The van der Waals surface area contributed by atoms with Gasteiger partial charge in [0.05, 0.1) is 17.4 Å². The lowest BCUT2D eigenvalue weighted by Crippen LogP contribution is -2.10. The number of amides is 1. The summed E-state index contributed by atoms with van der Waals surface area (Å²) in [7, 11) is 0. The number of carbonyl (C=O) groups is 2. The van der Waals surface area contributed by atoms with Crippen molar-refractivity contribution in [3.05, 3.63) is 47.5 Å². The van der Waals surface area contributed by atoms with Gasteiger partial charge < -0.3 is 10.8 Å². The fraction of sp³-hybridized carbons (Fsp3) is 0. The van der Waals surface area contributed by atoms with Crippen molar-refractivity contribution in [3.63, 3.8) is 0 Å². The molecule has 92 valence electrons. The highest BCUT2D eigenvalue weighted by Gasteiger charge is 2.18. The summed E-state index contributed by atoms with van der Waals surface area (Å²) in [4.78, 5) is 21.9. The SMILES string of the molecule is NC(=O)c1cnn(-c2cccc(F)c2C(=O)O)c1. The van der Waals surface area contributed by atoms with Gasteiger partial charge in [0.2, 0.25) is 0 Å². The molecular weight excluding hydrogens is 241 g/mol. The molecule has 1 heterocycles. The second-order valence-corrected chi connectivity index (χ2v) is 3.48. The first-order valence-electron chi connectivity index (χ1n) is 4.87. The summed E-state index contributed by atoms with van der Waals surface area (Å²) >= 11 is 0. The van der Waals surface area contributed by atoms with E-state index in [1.165, 1.54) is 24.5 Å². The van der Waals surface area contributed by atoms with E-state index in [4.69, 9.17) is 10.8 Å². The number of nitrogens with two attached hydrogens (primary N) is 1. The Bertz CT molecular complexity index is 636. The second-order valence-electron chi connectivity index (χ2n) is 3.48. The Labute approximate surface area is 100 Å². The summed E-state index contributed by atoms with van der Waals surface area (Å²) in [6.07, 6.45) is 2.42. The van der Waals surface area contributed by atoms with Gasteiger partial charge in [0.15, 0.2) is 0 Å². The van der Waals surface area contributed by atoms with Crippen molar-refractivity contribution in [1.29, 1.82) is 0 Å². The van der Waals surface area contributed by atoms with Gasteiger partial charge in [-0.3, -0.25) is 4.79 Å². The third kappa shape index (κ3) is 1.93. The molecule has 0 radical (unpaired) electrons. The molecule has 0 atom stereocenters. The number of carboxylic acid groups (broad SMARTS) is 1. The Balaban J connectivity index is 2.59. The molecule has 6 nitrogen and oxygen atoms in total. The van der Waals surface area contributed by atoms with Gasteiger partial charge >= 0.3 is 5.97 Å². The molecule has 0 bridgehead atoms. The van der Waals surface area contributed by atoms with Crippen LogP contribution in [0.25, 0.3) is 5.69 Å². The first-order chi connectivity index (χ1) is 8.50. The lowest BCUT2D eigenvalue weighted by atomic mass is 10.1. The van der Waals surface area contributed by atoms with Crippen LogP contribution in [0.15, 0.2) is 30.6 Å². The zero-order chi connectivity index (χ0) is 13.3. The molecule has 18 heavy (non-hydrogen) atoms. The molecule has 0 spiro atoms. The maximum Gasteiger partial charge on any atom is 0.340 e. The lowest BCUT2D eigenvalue weighted by Gasteiger charge is -2.06. The maximum atomic E-state index is 13.4. The number of carbonyl (C=O) groups excluding carboxylic acids is 1. The van der Waals surface area contributed by atoms with Crippen molar-refractivity contribution in [3.8, 4) is 5.69 Å². The summed E-state index contributed by atoms with van der Waals surface area (Å²) in [5.74, 6) is -3.00. The van der Waals surface area contributed by atoms with Crippen LogP contribution in [0.4, 0.5) is 4.39 Å². The molecule has 0 unspecified atom stereocenters. The average Bonchev–Trinajstić information content (AvgIpc) is 2.77. The van der Waals surface area contributed by atoms with Gasteiger partial charge in [-0.25, -0.2) is 13.9 Å². The molecule has 0 fully saturated rings. The van der Waals surface area contributed by atoms with E-state index >= 15 is 0 Å². The highest BCUT2D eigenvalue weighted by molar-refractivity contribution is 5.93. The monoisotopic (exact) mass is 249 g/mol. The molecule has 2 aromatic rings. The summed E-state index contributed by atoms with van der Waals surface area (Å²) < 4.78 is 14.5. The van der Waals surface area contributed by atoms with Crippen molar-refractivity contribution < 1.29 is 19.1 Å². The highest BCUT2D eigenvalue weighted by Crippen LogP contribution is 2.18. The summed E-state index contributed by atoms with van der Waals surface area (Å²) in [6, 6.07) is 3.76. The Morgan fingerprint density at radius 2 is 2.11 bits per heavy atom. The van der Waals surface area contributed by atoms with Crippen molar-refractivity contribution >= 4 is 11.9 Å². The Kier molecular flexibility index (Phi) is 2.80. The van der Waals surface area contributed by atoms with E-state index < -0.39 is 23.3 Å². The Morgan fingerprint density at radius 3 is 2.67 bits per heavy atom. The number of carboxylic acids is 1. The molecule has 2 rings (SSSR count). The van der Waals surface area contributed by atoms with Crippen molar-refractivity contribution in [2.24, 2.45) is 5.73 Å². The first-order valence-corrected chi connectivity index (χ1v) is 4.87. The van der Waals surface area contributed by atoms with Gasteiger partial charge in [-0.1, -0.05) is 6.07 Å².